The average Bonchev–Trinajstić information content (AvgIpc) is 2.16. The molecule has 0 amide bonds. The zero-order chi connectivity index (χ0) is 12.7. The first-order valence-electron chi connectivity index (χ1n) is 5.63. The summed E-state index contributed by atoms with van der Waals surface area (Å²) in [6.45, 7) is 13.3. The van der Waals surface area contributed by atoms with E-state index in [0.29, 0.717) is 5.70 Å². The van der Waals surface area contributed by atoms with Crippen LogP contribution in [0.3, 0.4) is 0 Å². The summed E-state index contributed by atoms with van der Waals surface area (Å²) in [6.07, 6.45) is 3.26. The van der Waals surface area contributed by atoms with Gasteiger partial charge in [-0.1, -0.05) is 19.9 Å². The Bertz CT molecular complexity index is 342. The lowest BCUT2D eigenvalue weighted by atomic mass is 10.1. The maximum absolute atomic E-state index is 13.6. The molecule has 0 spiro atoms. The Kier molecular flexibility index (Phi) is 6.63. The standard InChI is InChI=1S/C14H22FN/c1-7-8-11(4)14(15)9-12(5)13(6)16-10(2)3/h9H,6-8H2,1-5H3. The highest BCUT2D eigenvalue weighted by Gasteiger charge is 2.01. The number of rotatable bonds is 5. The van der Waals surface area contributed by atoms with Gasteiger partial charge in [0.1, 0.15) is 5.83 Å². The Balaban J connectivity index is 4.85. The minimum Gasteiger partial charge on any atom is -0.259 e. The molecule has 0 atom stereocenters. The van der Waals surface area contributed by atoms with Crippen LogP contribution in [0, 0.1) is 0 Å². The van der Waals surface area contributed by atoms with Gasteiger partial charge in [-0.25, -0.2) is 4.39 Å². The largest absolute Gasteiger partial charge is 0.259 e. The van der Waals surface area contributed by atoms with E-state index in [1.165, 1.54) is 6.08 Å². The van der Waals surface area contributed by atoms with Gasteiger partial charge in [0.05, 0.1) is 5.70 Å². The zero-order valence-electron chi connectivity index (χ0n) is 11.0. The van der Waals surface area contributed by atoms with Crippen molar-refractivity contribution in [2.24, 2.45) is 4.99 Å². The first-order chi connectivity index (χ1) is 7.38. The van der Waals surface area contributed by atoms with E-state index in [9.17, 15) is 4.39 Å². The van der Waals surface area contributed by atoms with E-state index in [1.807, 2.05) is 34.6 Å². The van der Waals surface area contributed by atoms with Gasteiger partial charge in [-0.05, 0) is 51.3 Å². The Labute approximate surface area is 98.5 Å². The lowest BCUT2D eigenvalue weighted by Gasteiger charge is -2.03. The lowest BCUT2D eigenvalue weighted by Crippen LogP contribution is -1.87. The highest BCUT2D eigenvalue weighted by Crippen LogP contribution is 2.18. The summed E-state index contributed by atoms with van der Waals surface area (Å²) in [6, 6.07) is 0. The predicted octanol–water partition coefficient (Wildman–Crippen LogP) is 4.97. The molecule has 0 aliphatic rings. The smallest absolute Gasteiger partial charge is 0.122 e. The molecule has 0 N–H and O–H groups in total. The molecule has 1 nitrogen and oxygen atoms in total. The highest BCUT2D eigenvalue weighted by molar-refractivity contribution is 5.80. The van der Waals surface area contributed by atoms with Crippen LogP contribution in [0.2, 0.25) is 0 Å². The van der Waals surface area contributed by atoms with Gasteiger partial charge in [0.15, 0.2) is 0 Å². The molecule has 0 rings (SSSR count). The monoisotopic (exact) mass is 223 g/mol. The van der Waals surface area contributed by atoms with Gasteiger partial charge in [-0.15, -0.1) is 0 Å². The fraction of sp³-hybridized carbons (Fsp3) is 0.500. The van der Waals surface area contributed by atoms with Crippen molar-refractivity contribution in [3.63, 3.8) is 0 Å². The molecule has 2 heteroatoms. The Morgan fingerprint density at radius 3 is 2.25 bits per heavy atom. The molecule has 0 radical (unpaired) electrons. The third kappa shape index (κ3) is 5.64. The van der Waals surface area contributed by atoms with E-state index in [2.05, 4.69) is 11.6 Å². The maximum Gasteiger partial charge on any atom is 0.122 e. The Morgan fingerprint density at radius 2 is 1.81 bits per heavy atom. The number of hydrogen-bond donors (Lipinski definition) is 0. The predicted molar refractivity (Wildman–Crippen MR) is 70.4 cm³/mol. The number of allylic oxidation sites excluding steroid dienone is 4. The molecule has 0 unspecified atom stereocenters. The van der Waals surface area contributed by atoms with Crippen molar-refractivity contribution in [3.05, 3.63) is 35.3 Å². The fourth-order valence-electron chi connectivity index (χ4n) is 1.25. The van der Waals surface area contributed by atoms with Crippen LogP contribution in [-0.2, 0) is 0 Å². The average molecular weight is 223 g/mol. The molecular formula is C14H22FN. The van der Waals surface area contributed by atoms with Gasteiger partial charge in [0, 0.05) is 5.71 Å². The summed E-state index contributed by atoms with van der Waals surface area (Å²) in [4.78, 5) is 4.20. The number of halogens is 1. The SMILES string of the molecule is C=C(N=C(C)C)C(C)=CC(F)=C(C)CCC. The zero-order valence-corrected chi connectivity index (χ0v) is 11.0. The van der Waals surface area contributed by atoms with Gasteiger partial charge >= 0.3 is 0 Å². The van der Waals surface area contributed by atoms with Gasteiger partial charge in [0.2, 0.25) is 0 Å². The summed E-state index contributed by atoms with van der Waals surface area (Å²) in [7, 11) is 0. The van der Waals surface area contributed by atoms with Crippen LogP contribution in [-0.4, -0.2) is 5.71 Å². The topological polar surface area (TPSA) is 12.4 Å². The second-order valence-electron chi connectivity index (χ2n) is 4.21. The number of aliphatic imine (C=N–C) groups is 1. The molecule has 0 aromatic heterocycles. The molecule has 0 aromatic carbocycles. The van der Waals surface area contributed by atoms with E-state index < -0.39 is 0 Å². The van der Waals surface area contributed by atoms with Crippen molar-refractivity contribution in [2.45, 2.75) is 47.5 Å². The number of nitrogens with zero attached hydrogens (tertiary/aromatic N) is 1. The highest BCUT2D eigenvalue weighted by atomic mass is 19.1. The van der Waals surface area contributed by atoms with Gasteiger partial charge in [-0.2, -0.15) is 0 Å². The van der Waals surface area contributed by atoms with Crippen molar-refractivity contribution < 1.29 is 4.39 Å². The number of hydrogen-bond acceptors (Lipinski definition) is 1. The van der Waals surface area contributed by atoms with Crippen LogP contribution in [0.4, 0.5) is 4.39 Å². The molecule has 0 aromatic rings. The third-order valence-corrected chi connectivity index (χ3v) is 2.19. The molecule has 16 heavy (non-hydrogen) atoms. The molecule has 0 saturated heterocycles. The van der Waals surface area contributed by atoms with Crippen molar-refractivity contribution >= 4 is 5.71 Å². The van der Waals surface area contributed by atoms with Gasteiger partial charge < -0.3 is 0 Å². The van der Waals surface area contributed by atoms with Crippen LogP contribution in [0.25, 0.3) is 0 Å². The van der Waals surface area contributed by atoms with Crippen molar-refractivity contribution in [3.8, 4) is 0 Å². The van der Waals surface area contributed by atoms with Crippen molar-refractivity contribution in [2.75, 3.05) is 0 Å². The molecule has 0 aliphatic carbocycles. The second-order valence-corrected chi connectivity index (χ2v) is 4.21. The molecule has 0 aliphatic heterocycles. The summed E-state index contributed by atoms with van der Waals surface area (Å²) < 4.78 is 13.6. The molecule has 0 bridgehead atoms. The van der Waals surface area contributed by atoms with Crippen LogP contribution in [0.5, 0.6) is 0 Å². The quantitative estimate of drug-likeness (QED) is 0.461. The van der Waals surface area contributed by atoms with Crippen LogP contribution in [0.1, 0.15) is 47.5 Å². The molecule has 0 saturated carbocycles. The van der Waals surface area contributed by atoms with E-state index in [0.717, 1.165) is 29.7 Å². The minimum atomic E-state index is -0.163. The Hall–Kier alpha value is -1.18. The van der Waals surface area contributed by atoms with Crippen LogP contribution in [0.15, 0.2) is 40.3 Å². The normalized spacial score (nSPS) is 13.2. The van der Waals surface area contributed by atoms with E-state index in [-0.39, 0.29) is 5.83 Å². The van der Waals surface area contributed by atoms with E-state index in [4.69, 9.17) is 0 Å². The van der Waals surface area contributed by atoms with Gasteiger partial charge in [-0.3, -0.25) is 4.99 Å². The molecular weight excluding hydrogens is 201 g/mol. The van der Waals surface area contributed by atoms with Crippen LogP contribution < -0.4 is 0 Å². The summed E-state index contributed by atoms with van der Waals surface area (Å²) >= 11 is 0. The molecule has 0 fully saturated rings. The minimum absolute atomic E-state index is 0.163. The lowest BCUT2D eigenvalue weighted by molar-refractivity contribution is 0.641. The molecule has 0 heterocycles. The maximum atomic E-state index is 13.6. The molecule has 90 valence electrons. The first kappa shape index (κ1) is 14.8. The van der Waals surface area contributed by atoms with E-state index in [1.54, 1.807) is 0 Å². The third-order valence-electron chi connectivity index (χ3n) is 2.19. The van der Waals surface area contributed by atoms with Crippen LogP contribution >= 0.6 is 0 Å². The summed E-state index contributed by atoms with van der Waals surface area (Å²) in [5.41, 5.74) is 3.10. The summed E-state index contributed by atoms with van der Waals surface area (Å²) in [5.74, 6) is -0.163. The van der Waals surface area contributed by atoms with Crippen molar-refractivity contribution in [1.82, 2.24) is 0 Å². The summed E-state index contributed by atoms with van der Waals surface area (Å²) in [5, 5.41) is 0. The fourth-order valence-corrected chi connectivity index (χ4v) is 1.25. The first-order valence-corrected chi connectivity index (χ1v) is 5.63. The Morgan fingerprint density at radius 1 is 1.25 bits per heavy atom. The van der Waals surface area contributed by atoms with Crippen molar-refractivity contribution in [1.29, 1.82) is 0 Å². The van der Waals surface area contributed by atoms with E-state index >= 15 is 0 Å². The van der Waals surface area contributed by atoms with Gasteiger partial charge in [0.25, 0.3) is 0 Å². The second kappa shape index (κ2) is 7.15.